The Balaban J connectivity index is 2.36. The van der Waals surface area contributed by atoms with Crippen molar-refractivity contribution in [2.75, 3.05) is 5.32 Å². The number of anilines is 1. The van der Waals surface area contributed by atoms with E-state index < -0.39 is 0 Å². The molecule has 0 aliphatic heterocycles. The van der Waals surface area contributed by atoms with Crippen molar-refractivity contribution in [3.8, 4) is 0 Å². The monoisotopic (exact) mass is 208 g/mol. The van der Waals surface area contributed by atoms with Gasteiger partial charge >= 0.3 is 0 Å². The summed E-state index contributed by atoms with van der Waals surface area (Å²) < 4.78 is 0. The number of nitrogens with zero attached hydrogens (tertiary/aromatic N) is 2. The Morgan fingerprint density at radius 2 is 2.40 bits per heavy atom. The number of aromatic nitrogens is 2. The second-order valence-electron chi connectivity index (χ2n) is 3.39. The molecule has 82 valence electrons. The Hall–Kier alpha value is -1.49. The Morgan fingerprint density at radius 1 is 1.60 bits per heavy atom. The van der Waals surface area contributed by atoms with Gasteiger partial charge in [-0.2, -0.15) is 0 Å². The van der Waals surface area contributed by atoms with Crippen LogP contribution < -0.4 is 11.1 Å². The van der Waals surface area contributed by atoms with Crippen molar-refractivity contribution < 1.29 is 4.79 Å². The van der Waals surface area contributed by atoms with E-state index in [2.05, 4.69) is 15.3 Å². The molecule has 0 bridgehead atoms. The molecular weight excluding hydrogens is 192 g/mol. The van der Waals surface area contributed by atoms with Gasteiger partial charge in [-0.15, -0.1) is 0 Å². The fourth-order valence-corrected chi connectivity index (χ4v) is 1.27. The van der Waals surface area contributed by atoms with Crippen LogP contribution in [0.5, 0.6) is 0 Å². The second-order valence-corrected chi connectivity index (χ2v) is 3.39. The number of rotatable bonds is 5. The first-order chi connectivity index (χ1) is 7.22. The molecule has 3 N–H and O–H groups in total. The van der Waals surface area contributed by atoms with Crippen LogP contribution in [-0.2, 0) is 4.79 Å². The quantitative estimate of drug-likeness (QED) is 0.754. The maximum Gasteiger partial charge on any atom is 0.227 e. The van der Waals surface area contributed by atoms with Crippen LogP contribution >= 0.6 is 0 Å². The summed E-state index contributed by atoms with van der Waals surface area (Å²) in [5.74, 6) is 0.350. The molecular formula is C10H16N4O. The minimum absolute atomic E-state index is 0.0772. The van der Waals surface area contributed by atoms with E-state index in [1.54, 1.807) is 6.20 Å². The summed E-state index contributed by atoms with van der Waals surface area (Å²) >= 11 is 0. The smallest absolute Gasteiger partial charge is 0.227 e. The molecule has 1 rings (SSSR count). The van der Waals surface area contributed by atoms with Crippen LogP contribution in [0.15, 0.2) is 18.6 Å². The van der Waals surface area contributed by atoms with Gasteiger partial charge in [0.2, 0.25) is 5.91 Å². The van der Waals surface area contributed by atoms with Crippen LogP contribution in [0, 0.1) is 0 Å². The first kappa shape index (κ1) is 11.6. The van der Waals surface area contributed by atoms with Gasteiger partial charge in [-0.05, 0) is 6.42 Å². The lowest BCUT2D eigenvalue weighted by Crippen LogP contribution is -2.27. The summed E-state index contributed by atoms with van der Waals surface area (Å²) in [7, 11) is 0. The predicted octanol–water partition coefficient (Wildman–Crippen LogP) is 0.933. The molecule has 0 fully saturated rings. The van der Waals surface area contributed by atoms with E-state index in [4.69, 9.17) is 5.73 Å². The third kappa shape index (κ3) is 4.51. The van der Waals surface area contributed by atoms with Gasteiger partial charge in [0.1, 0.15) is 0 Å². The largest absolute Gasteiger partial charge is 0.327 e. The van der Waals surface area contributed by atoms with Crippen molar-refractivity contribution in [3.63, 3.8) is 0 Å². The van der Waals surface area contributed by atoms with Crippen LogP contribution in [-0.4, -0.2) is 21.9 Å². The Labute approximate surface area is 89.1 Å². The molecule has 5 nitrogen and oxygen atoms in total. The minimum Gasteiger partial charge on any atom is -0.327 e. The zero-order valence-electron chi connectivity index (χ0n) is 8.81. The van der Waals surface area contributed by atoms with Crippen molar-refractivity contribution in [2.45, 2.75) is 32.2 Å². The van der Waals surface area contributed by atoms with Crippen molar-refractivity contribution in [1.82, 2.24) is 9.97 Å². The highest BCUT2D eigenvalue weighted by molar-refractivity contribution is 5.89. The van der Waals surface area contributed by atoms with Crippen LogP contribution in [0.1, 0.15) is 26.2 Å². The van der Waals surface area contributed by atoms with E-state index in [0.717, 1.165) is 12.8 Å². The number of nitrogens with one attached hydrogen (secondary N) is 1. The van der Waals surface area contributed by atoms with Crippen molar-refractivity contribution in [1.29, 1.82) is 0 Å². The Bertz CT molecular complexity index is 302. The molecule has 1 unspecified atom stereocenters. The summed E-state index contributed by atoms with van der Waals surface area (Å²) in [6.07, 6.45) is 6.75. The molecule has 0 aliphatic rings. The third-order valence-electron chi connectivity index (χ3n) is 1.94. The molecule has 5 heteroatoms. The highest BCUT2D eigenvalue weighted by Crippen LogP contribution is 2.02. The van der Waals surface area contributed by atoms with E-state index in [1.807, 2.05) is 6.92 Å². The summed E-state index contributed by atoms with van der Waals surface area (Å²) in [6, 6.07) is -0.0772. The van der Waals surface area contributed by atoms with Crippen molar-refractivity contribution in [2.24, 2.45) is 5.73 Å². The van der Waals surface area contributed by atoms with Crippen molar-refractivity contribution >= 4 is 11.7 Å². The highest BCUT2D eigenvalue weighted by atomic mass is 16.1. The third-order valence-corrected chi connectivity index (χ3v) is 1.94. The molecule has 1 aromatic rings. The van der Waals surface area contributed by atoms with Crippen LogP contribution in [0.3, 0.4) is 0 Å². The molecule has 0 aliphatic carbocycles. The van der Waals surface area contributed by atoms with E-state index in [-0.39, 0.29) is 11.9 Å². The molecule has 1 aromatic heterocycles. The van der Waals surface area contributed by atoms with Crippen LogP contribution in [0.25, 0.3) is 0 Å². The molecule has 15 heavy (non-hydrogen) atoms. The van der Waals surface area contributed by atoms with Crippen molar-refractivity contribution in [3.05, 3.63) is 18.6 Å². The molecule has 0 aromatic carbocycles. The lowest BCUT2D eigenvalue weighted by molar-refractivity contribution is -0.116. The standard InChI is InChI=1S/C10H16N4O/c1-2-3-8(11)6-10(15)14-9-7-12-4-5-13-9/h4-5,7-8H,2-3,6,11H2,1H3,(H,13,14,15). The van der Waals surface area contributed by atoms with Gasteiger partial charge < -0.3 is 11.1 Å². The molecule has 0 saturated carbocycles. The lowest BCUT2D eigenvalue weighted by Gasteiger charge is -2.09. The molecule has 0 spiro atoms. The van der Waals surface area contributed by atoms with Gasteiger partial charge in [-0.1, -0.05) is 13.3 Å². The zero-order chi connectivity index (χ0) is 11.1. The van der Waals surface area contributed by atoms with Gasteiger partial charge in [0.05, 0.1) is 6.20 Å². The molecule has 0 saturated heterocycles. The average molecular weight is 208 g/mol. The summed E-state index contributed by atoms with van der Waals surface area (Å²) in [4.78, 5) is 19.2. The number of hydrogen-bond acceptors (Lipinski definition) is 4. The average Bonchev–Trinajstić information content (AvgIpc) is 2.19. The first-order valence-electron chi connectivity index (χ1n) is 5.03. The van der Waals surface area contributed by atoms with Crippen LogP contribution in [0.4, 0.5) is 5.82 Å². The lowest BCUT2D eigenvalue weighted by atomic mass is 10.1. The summed E-state index contributed by atoms with van der Waals surface area (Å²) in [5, 5.41) is 2.64. The SMILES string of the molecule is CCCC(N)CC(=O)Nc1cnccn1. The van der Waals surface area contributed by atoms with E-state index in [9.17, 15) is 4.79 Å². The summed E-state index contributed by atoms with van der Waals surface area (Å²) in [6.45, 7) is 2.04. The second kappa shape index (κ2) is 6.08. The van der Waals surface area contributed by atoms with Gasteiger partial charge in [0.25, 0.3) is 0 Å². The number of amides is 1. The Morgan fingerprint density at radius 3 is 3.00 bits per heavy atom. The topological polar surface area (TPSA) is 80.9 Å². The van der Waals surface area contributed by atoms with E-state index >= 15 is 0 Å². The van der Waals surface area contributed by atoms with E-state index in [1.165, 1.54) is 12.4 Å². The first-order valence-corrected chi connectivity index (χ1v) is 5.03. The van der Waals surface area contributed by atoms with E-state index in [0.29, 0.717) is 12.2 Å². The predicted molar refractivity (Wildman–Crippen MR) is 58.2 cm³/mol. The van der Waals surface area contributed by atoms with Gasteiger partial charge in [-0.3, -0.25) is 9.78 Å². The number of carbonyl (C=O) groups is 1. The van der Waals surface area contributed by atoms with Gasteiger partial charge in [0.15, 0.2) is 5.82 Å². The summed E-state index contributed by atoms with van der Waals surface area (Å²) in [5.41, 5.74) is 5.74. The molecule has 1 amide bonds. The fourth-order valence-electron chi connectivity index (χ4n) is 1.27. The van der Waals surface area contributed by atoms with Crippen LogP contribution in [0.2, 0.25) is 0 Å². The Kier molecular flexibility index (Phi) is 4.70. The highest BCUT2D eigenvalue weighted by Gasteiger charge is 2.08. The maximum absolute atomic E-state index is 11.4. The fraction of sp³-hybridized carbons (Fsp3) is 0.500. The van der Waals surface area contributed by atoms with Gasteiger partial charge in [-0.25, -0.2) is 4.98 Å². The maximum atomic E-state index is 11.4. The van der Waals surface area contributed by atoms with Gasteiger partial charge in [0, 0.05) is 24.9 Å². The molecule has 0 radical (unpaired) electrons. The zero-order valence-corrected chi connectivity index (χ0v) is 8.81. The number of carbonyl (C=O) groups excluding carboxylic acids is 1. The number of hydrogen-bond donors (Lipinski definition) is 2. The normalized spacial score (nSPS) is 12.1. The molecule has 1 atom stereocenters. The number of nitrogens with two attached hydrogens (primary N) is 1. The minimum atomic E-state index is -0.114. The molecule has 1 heterocycles.